The third kappa shape index (κ3) is 3.10. The molecule has 0 unspecified atom stereocenters. The first kappa shape index (κ1) is 17.2. The van der Waals surface area contributed by atoms with E-state index in [1.54, 1.807) is 18.6 Å². The molecule has 140 valence electrons. The van der Waals surface area contributed by atoms with Crippen LogP contribution in [0.4, 0.5) is 5.82 Å². The van der Waals surface area contributed by atoms with Crippen LogP contribution < -0.4 is 4.90 Å². The highest BCUT2D eigenvalue weighted by Gasteiger charge is 2.19. The molecule has 0 aliphatic carbocycles. The van der Waals surface area contributed by atoms with Gasteiger partial charge in [0.05, 0.1) is 18.9 Å². The van der Waals surface area contributed by atoms with Gasteiger partial charge >= 0.3 is 0 Å². The van der Waals surface area contributed by atoms with E-state index in [2.05, 4.69) is 43.8 Å². The first-order valence-electron chi connectivity index (χ1n) is 9.06. The summed E-state index contributed by atoms with van der Waals surface area (Å²) < 4.78 is 5.51. The molecule has 1 N–H and O–H groups in total. The average molecular weight is 390 g/mol. The molecule has 1 fully saturated rings. The largest absolute Gasteiger partial charge is 0.378 e. The normalized spacial score (nSPS) is 14.5. The third-order valence-corrected chi connectivity index (χ3v) is 5.08. The summed E-state index contributed by atoms with van der Waals surface area (Å²) in [6.45, 7) is 3.01. The molecule has 4 aromatic heterocycles. The smallest absolute Gasteiger partial charge is 0.130 e. The van der Waals surface area contributed by atoms with Crippen molar-refractivity contribution in [3.8, 4) is 22.5 Å². The molecule has 0 saturated carbocycles. The summed E-state index contributed by atoms with van der Waals surface area (Å²) in [5.41, 5.74) is 4.50. The van der Waals surface area contributed by atoms with Gasteiger partial charge in [-0.15, -0.1) is 12.6 Å². The molecule has 28 heavy (non-hydrogen) atoms. The molecule has 4 aromatic rings. The van der Waals surface area contributed by atoms with E-state index in [9.17, 15) is 0 Å². The van der Waals surface area contributed by atoms with Crippen LogP contribution in [0.3, 0.4) is 0 Å². The summed E-state index contributed by atoms with van der Waals surface area (Å²) in [6, 6.07) is 8.03. The zero-order valence-electron chi connectivity index (χ0n) is 15.0. The van der Waals surface area contributed by atoms with Gasteiger partial charge in [-0.05, 0) is 29.8 Å². The van der Waals surface area contributed by atoms with Gasteiger partial charge in [0, 0.05) is 53.7 Å². The van der Waals surface area contributed by atoms with Crippen LogP contribution >= 0.6 is 12.6 Å². The summed E-state index contributed by atoms with van der Waals surface area (Å²) in [6.07, 6.45) is 7.11. The zero-order chi connectivity index (χ0) is 18.9. The Kier molecular flexibility index (Phi) is 4.42. The molecule has 7 nitrogen and oxygen atoms in total. The predicted octanol–water partition coefficient (Wildman–Crippen LogP) is 3.21. The van der Waals surface area contributed by atoms with Crippen LogP contribution in [-0.4, -0.2) is 51.5 Å². The molecule has 0 bridgehead atoms. The number of anilines is 1. The molecule has 5 heterocycles. The Morgan fingerprint density at radius 3 is 2.75 bits per heavy atom. The van der Waals surface area contributed by atoms with Crippen molar-refractivity contribution in [1.82, 2.24) is 25.1 Å². The monoisotopic (exact) mass is 390 g/mol. The molecular formula is C20H18N6OS. The SMILES string of the molecule is Sc1cncc(-c2cc(N3CCOCC3)nc3c(-c4ccn[nH]4)nccc23)c1. The van der Waals surface area contributed by atoms with Crippen LogP contribution in [-0.2, 0) is 4.74 Å². The number of ether oxygens (including phenoxy) is 1. The van der Waals surface area contributed by atoms with Gasteiger partial charge in [0.2, 0.25) is 0 Å². The lowest BCUT2D eigenvalue weighted by molar-refractivity contribution is 0.122. The van der Waals surface area contributed by atoms with Crippen molar-refractivity contribution < 1.29 is 4.74 Å². The Balaban J connectivity index is 1.78. The van der Waals surface area contributed by atoms with E-state index in [4.69, 9.17) is 9.72 Å². The van der Waals surface area contributed by atoms with Gasteiger partial charge < -0.3 is 9.64 Å². The Morgan fingerprint density at radius 2 is 1.96 bits per heavy atom. The van der Waals surface area contributed by atoms with Crippen LogP contribution in [0.2, 0.25) is 0 Å². The number of aromatic amines is 1. The number of hydrogen-bond donors (Lipinski definition) is 2. The minimum absolute atomic E-state index is 0.698. The predicted molar refractivity (Wildman–Crippen MR) is 111 cm³/mol. The second-order valence-electron chi connectivity index (χ2n) is 6.59. The van der Waals surface area contributed by atoms with Crippen molar-refractivity contribution in [2.45, 2.75) is 4.90 Å². The average Bonchev–Trinajstić information content (AvgIpc) is 3.28. The highest BCUT2D eigenvalue weighted by Crippen LogP contribution is 2.35. The van der Waals surface area contributed by atoms with Crippen LogP contribution in [0.5, 0.6) is 0 Å². The van der Waals surface area contributed by atoms with Crippen LogP contribution in [0.25, 0.3) is 33.4 Å². The lowest BCUT2D eigenvalue weighted by Crippen LogP contribution is -2.36. The Hall–Kier alpha value is -2.97. The molecule has 5 rings (SSSR count). The number of morpholine rings is 1. The summed E-state index contributed by atoms with van der Waals surface area (Å²) in [4.78, 5) is 16.9. The number of pyridine rings is 3. The Labute approximate surface area is 167 Å². The summed E-state index contributed by atoms with van der Waals surface area (Å²) in [7, 11) is 0. The minimum Gasteiger partial charge on any atom is -0.378 e. The lowest BCUT2D eigenvalue weighted by atomic mass is 10.0. The number of nitrogens with one attached hydrogen (secondary N) is 1. The maximum atomic E-state index is 5.51. The highest BCUT2D eigenvalue weighted by atomic mass is 32.1. The molecule has 0 aromatic carbocycles. The third-order valence-electron chi connectivity index (χ3n) is 4.84. The molecule has 1 aliphatic rings. The highest BCUT2D eigenvalue weighted by molar-refractivity contribution is 7.80. The molecule has 0 spiro atoms. The van der Waals surface area contributed by atoms with E-state index in [-0.39, 0.29) is 0 Å². The number of aromatic nitrogens is 5. The first-order chi connectivity index (χ1) is 13.8. The molecule has 1 saturated heterocycles. The van der Waals surface area contributed by atoms with Crippen molar-refractivity contribution in [3.63, 3.8) is 0 Å². The van der Waals surface area contributed by atoms with Crippen molar-refractivity contribution in [2.24, 2.45) is 0 Å². The minimum atomic E-state index is 0.698. The van der Waals surface area contributed by atoms with E-state index >= 15 is 0 Å². The van der Waals surface area contributed by atoms with Gasteiger partial charge in [0.1, 0.15) is 17.0 Å². The maximum Gasteiger partial charge on any atom is 0.130 e. The fourth-order valence-electron chi connectivity index (χ4n) is 3.49. The van der Waals surface area contributed by atoms with E-state index in [0.29, 0.717) is 13.2 Å². The number of H-pyrrole nitrogens is 1. The second-order valence-corrected chi connectivity index (χ2v) is 7.10. The van der Waals surface area contributed by atoms with Gasteiger partial charge in [-0.25, -0.2) is 4.98 Å². The summed E-state index contributed by atoms with van der Waals surface area (Å²) >= 11 is 4.46. The molecule has 1 aliphatic heterocycles. The standard InChI is InChI=1S/C20H18N6OS/c28-14-9-13(11-21-12-14)16-10-18(26-5-7-27-8-6-26)24-19-15(16)1-3-22-20(19)17-2-4-23-25-17/h1-4,9-12,28H,5-8H2,(H,23,25). The van der Waals surface area contributed by atoms with Gasteiger partial charge in [0.15, 0.2) is 0 Å². The second kappa shape index (κ2) is 7.21. The number of thiol groups is 1. The molecular weight excluding hydrogens is 372 g/mol. The first-order valence-corrected chi connectivity index (χ1v) is 9.51. The van der Waals surface area contributed by atoms with Crippen LogP contribution in [0.15, 0.2) is 53.9 Å². The van der Waals surface area contributed by atoms with Gasteiger partial charge in [-0.2, -0.15) is 5.10 Å². The molecule has 0 amide bonds. The van der Waals surface area contributed by atoms with Gasteiger partial charge in [0.25, 0.3) is 0 Å². The van der Waals surface area contributed by atoms with Gasteiger partial charge in [-0.1, -0.05) is 0 Å². The van der Waals surface area contributed by atoms with Crippen molar-refractivity contribution >= 4 is 29.3 Å². The number of nitrogens with zero attached hydrogens (tertiary/aromatic N) is 5. The van der Waals surface area contributed by atoms with E-state index in [1.807, 2.05) is 24.4 Å². The Bertz CT molecular complexity index is 1120. The number of rotatable bonds is 3. The van der Waals surface area contributed by atoms with Crippen molar-refractivity contribution in [1.29, 1.82) is 0 Å². The van der Waals surface area contributed by atoms with Gasteiger partial charge in [-0.3, -0.25) is 15.1 Å². The van der Waals surface area contributed by atoms with Crippen molar-refractivity contribution in [2.75, 3.05) is 31.2 Å². The Morgan fingerprint density at radius 1 is 1.07 bits per heavy atom. The zero-order valence-corrected chi connectivity index (χ0v) is 15.9. The summed E-state index contributed by atoms with van der Waals surface area (Å²) in [5.74, 6) is 0.907. The molecule has 0 atom stereocenters. The number of fused-ring (bicyclic) bond motifs is 1. The van der Waals surface area contributed by atoms with E-state index in [0.717, 1.165) is 57.2 Å². The summed E-state index contributed by atoms with van der Waals surface area (Å²) in [5, 5.41) is 8.08. The fraction of sp³-hybridized carbons (Fsp3) is 0.200. The lowest BCUT2D eigenvalue weighted by Gasteiger charge is -2.28. The molecule has 8 heteroatoms. The van der Waals surface area contributed by atoms with Crippen molar-refractivity contribution in [3.05, 3.63) is 49.1 Å². The molecule has 0 radical (unpaired) electrons. The quantitative estimate of drug-likeness (QED) is 0.523. The van der Waals surface area contributed by atoms with Crippen LogP contribution in [0, 0.1) is 0 Å². The van der Waals surface area contributed by atoms with E-state index < -0.39 is 0 Å². The fourth-order valence-corrected chi connectivity index (χ4v) is 3.70. The van der Waals surface area contributed by atoms with E-state index in [1.165, 1.54) is 0 Å². The maximum absolute atomic E-state index is 5.51. The topological polar surface area (TPSA) is 79.8 Å². The number of hydrogen-bond acceptors (Lipinski definition) is 7. The van der Waals surface area contributed by atoms with Crippen LogP contribution in [0.1, 0.15) is 0 Å².